The van der Waals surface area contributed by atoms with Gasteiger partial charge in [-0.3, -0.25) is 9.10 Å². The van der Waals surface area contributed by atoms with Gasteiger partial charge in [-0.05, 0) is 61.2 Å². The number of carbonyl (C=O) groups is 1. The molecule has 1 amide bonds. The van der Waals surface area contributed by atoms with Crippen LogP contribution in [-0.2, 0) is 14.8 Å². The average Bonchev–Trinajstić information content (AvgIpc) is 2.74. The van der Waals surface area contributed by atoms with Crippen molar-refractivity contribution in [1.82, 2.24) is 5.32 Å². The van der Waals surface area contributed by atoms with Crippen molar-refractivity contribution in [2.24, 2.45) is 0 Å². The van der Waals surface area contributed by atoms with Crippen LogP contribution >= 0.6 is 0 Å². The first-order valence-electron chi connectivity index (χ1n) is 10.2. The summed E-state index contributed by atoms with van der Waals surface area (Å²) < 4.78 is 36.9. The molecule has 170 valence electrons. The first-order chi connectivity index (χ1) is 14.7. The molecule has 0 heterocycles. The summed E-state index contributed by atoms with van der Waals surface area (Å²) in [4.78, 5) is 13.2. The minimum atomic E-state index is -3.70. The maximum Gasteiger partial charge on any atom is 0.244 e. The van der Waals surface area contributed by atoms with E-state index in [4.69, 9.17) is 9.47 Å². The van der Waals surface area contributed by atoms with Gasteiger partial charge in [-0.1, -0.05) is 26.0 Å². The summed E-state index contributed by atoms with van der Waals surface area (Å²) in [5, 5.41) is 3.03. The van der Waals surface area contributed by atoms with Crippen LogP contribution in [0.5, 0.6) is 11.5 Å². The van der Waals surface area contributed by atoms with Crippen LogP contribution < -0.4 is 19.1 Å². The molecule has 1 N–H and O–H groups in total. The van der Waals surface area contributed by atoms with Gasteiger partial charge in [-0.25, -0.2) is 8.42 Å². The first kappa shape index (κ1) is 24.5. The van der Waals surface area contributed by atoms with Gasteiger partial charge >= 0.3 is 0 Å². The highest BCUT2D eigenvalue weighted by atomic mass is 32.2. The summed E-state index contributed by atoms with van der Waals surface area (Å²) in [6.45, 7) is 5.72. The van der Waals surface area contributed by atoms with Gasteiger partial charge in [0, 0.05) is 0 Å². The van der Waals surface area contributed by atoms with Crippen molar-refractivity contribution >= 4 is 21.6 Å². The predicted molar refractivity (Wildman–Crippen MR) is 123 cm³/mol. The highest BCUT2D eigenvalue weighted by molar-refractivity contribution is 7.92. The van der Waals surface area contributed by atoms with Gasteiger partial charge in [0.25, 0.3) is 0 Å². The minimum absolute atomic E-state index is 0.247. The van der Waals surface area contributed by atoms with E-state index in [0.717, 1.165) is 23.1 Å². The molecular formula is C23H32N2O5S. The fraction of sp³-hybridized carbons (Fsp3) is 0.435. The van der Waals surface area contributed by atoms with Crippen LogP contribution in [0.4, 0.5) is 5.69 Å². The summed E-state index contributed by atoms with van der Waals surface area (Å²) in [5.74, 6) is 1.04. The number of benzene rings is 2. The van der Waals surface area contributed by atoms with Gasteiger partial charge in [0.2, 0.25) is 15.9 Å². The van der Waals surface area contributed by atoms with Gasteiger partial charge in [-0.15, -0.1) is 0 Å². The Bertz CT molecular complexity index is 990. The van der Waals surface area contributed by atoms with Crippen LogP contribution in [0.15, 0.2) is 42.5 Å². The first-order valence-corrected chi connectivity index (χ1v) is 12.1. The normalized spacial score (nSPS) is 13.2. The van der Waals surface area contributed by atoms with Crippen LogP contribution in [-0.4, -0.2) is 40.8 Å². The maximum absolute atomic E-state index is 13.2. The van der Waals surface area contributed by atoms with E-state index in [9.17, 15) is 13.2 Å². The second kappa shape index (κ2) is 10.5. The Hall–Kier alpha value is -2.74. The number of ether oxygens (including phenoxy) is 2. The zero-order valence-electron chi connectivity index (χ0n) is 19.0. The lowest BCUT2D eigenvalue weighted by atomic mass is 10.0. The molecule has 2 aromatic carbocycles. The van der Waals surface area contributed by atoms with E-state index in [2.05, 4.69) is 5.32 Å². The summed E-state index contributed by atoms with van der Waals surface area (Å²) in [6.07, 6.45) is 2.09. The SMILES string of the molecule is CC[C@H](C(=O)N[C@H](CC)c1ccc(OC)c(C)c1)N(c1ccc(OC)cc1)S(C)(=O)=O. The molecule has 0 aliphatic heterocycles. The molecule has 2 rings (SSSR count). The quantitative estimate of drug-likeness (QED) is 0.597. The van der Waals surface area contributed by atoms with Crippen LogP contribution in [0.25, 0.3) is 0 Å². The highest BCUT2D eigenvalue weighted by Gasteiger charge is 2.32. The Morgan fingerprint density at radius 3 is 2.13 bits per heavy atom. The van der Waals surface area contributed by atoms with E-state index >= 15 is 0 Å². The third-order valence-corrected chi connectivity index (χ3v) is 6.38. The van der Waals surface area contributed by atoms with E-state index in [1.165, 1.54) is 11.4 Å². The molecule has 8 heteroatoms. The Labute approximate surface area is 185 Å². The molecule has 7 nitrogen and oxygen atoms in total. The Morgan fingerprint density at radius 2 is 1.68 bits per heavy atom. The van der Waals surface area contributed by atoms with Crippen molar-refractivity contribution in [2.45, 2.75) is 45.7 Å². The zero-order chi connectivity index (χ0) is 23.2. The molecule has 0 aliphatic carbocycles. The minimum Gasteiger partial charge on any atom is -0.497 e. The topological polar surface area (TPSA) is 84.9 Å². The van der Waals surface area contributed by atoms with E-state index in [0.29, 0.717) is 24.3 Å². The molecule has 0 spiro atoms. The van der Waals surface area contributed by atoms with Gasteiger partial charge in [0.15, 0.2) is 0 Å². The van der Waals surface area contributed by atoms with Crippen molar-refractivity contribution in [3.63, 3.8) is 0 Å². The molecule has 0 aromatic heterocycles. The number of amides is 1. The number of methoxy groups -OCH3 is 2. The van der Waals surface area contributed by atoms with E-state index in [-0.39, 0.29) is 11.9 Å². The molecule has 0 fully saturated rings. The smallest absolute Gasteiger partial charge is 0.244 e. The summed E-state index contributed by atoms with van der Waals surface area (Å²) in [5.41, 5.74) is 2.33. The third-order valence-electron chi connectivity index (χ3n) is 5.20. The number of aryl methyl sites for hydroxylation is 1. The fourth-order valence-electron chi connectivity index (χ4n) is 3.60. The van der Waals surface area contributed by atoms with Crippen molar-refractivity contribution in [2.75, 3.05) is 24.8 Å². The van der Waals surface area contributed by atoms with Crippen LogP contribution in [0, 0.1) is 6.92 Å². The lowest BCUT2D eigenvalue weighted by Crippen LogP contribution is -2.50. The fourth-order valence-corrected chi connectivity index (χ4v) is 4.81. The third kappa shape index (κ3) is 5.91. The number of sulfonamides is 1. The molecule has 0 bridgehead atoms. The molecule has 2 atom stereocenters. The monoisotopic (exact) mass is 448 g/mol. The number of nitrogens with zero attached hydrogens (tertiary/aromatic N) is 1. The molecule has 0 unspecified atom stereocenters. The largest absolute Gasteiger partial charge is 0.497 e. The lowest BCUT2D eigenvalue weighted by Gasteiger charge is -2.31. The number of anilines is 1. The average molecular weight is 449 g/mol. The number of rotatable bonds is 10. The summed E-state index contributed by atoms with van der Waals surface area (Å²) >= 11 is 0. The molecule has 0 saturated carbocycles. The van der Waals surface area contributed by atoms with Gasteiger partial charge in [-0.2, -0.15) is 0 Å². The van der Waals surface area contributed by atoms with Crippen molar-refractivity contribution in [3.05, 3.63) is 53.6 Å². The van der Waals surface area contributed by atoms with Crippen molar-refractivity contribution in [1.29, 1.82) is 0 Å². The molecule has 0 radical (unpaired) electrons. The van der Waals surface area contributed by atoms with E-state index in [1.54, 1.807) is 38.3 Å². The van der Waals surface area contributed by atoms with Gasteiger partial charge in [0.05, 0.1) is 32.2 Å². The van der Waals surface area contributed by atoms with Gasteiger partial charge in [0.1, 0.15) is 17.5 Å². The van der Waals surface area contributed by atoms with Crippen molar-refractivity contribution < 1.29 is 22.7 Å². The number of hydrogen-bond donors (Lipinski definition) is 1. The summed E-state index contributed by atoms with van der Waals surface area (Å²) in [7, 11) is -0.546. The molecule has 2 aromatic rings. The van der Waals surface area contributed by atoms with Crippen LogP contribution in [0.2, 0.25) is 0 Å². The maximum atomic E-state index is 13.2. The number of nitrogens with one attached hydrogen (secondary N) is 1. The number of hydrogen-bond acceptors (Lipinski definition) is 5. The number of carbonyl (C=O) groups excluding carboxylic acids is 1. The van der Waals surface area contributed by atoms with Gasteiger partial charge < -0.3 is 14.8 Å². The van der Waals surface area contributed by atoms with Crippen molar-refractivity contribution in [3.8, 4) is 11.5 Å². The molecular weight excluding hydrogens is 416 g/mol. The zero-order valence-corrected chi connectivity index (χ0v) is 19.8. The summed E-state index contributed by atoms with van der Waals surface area (Å²) in [6, 6.07) is 11.3. The van der Waals surface area contributed by atoms with Crippen LogP contribution in [0.3, 0.4) is 0 Å². The Morgan fingerprint density at radius 1 is 1.03 bits per heavy atom. The molecule has 31 heavy (non-hydrogen) atoms. The predicted octanol–water partition coefficient (Wildman–Crippen LogP) is 3.82. The van der Waals surface area contributed by atoms with Crippen LogP contribution in [0.1, 0.15) is 43.9 Å². The van der Waals surface area contributed by atoms with E-state index in [1.807, 2.05) is 32.0 Å². The second-order valence-electron chi connectivity index (χ2n) is 7.38. The standard InChI is InChI=1S/C23H32N2O5S/c1-7-20(17-9-14-22(30-5)16(3)15-17)24-23(26)21(8-2)25(31(6,27)28)18-10-12-19(29-4)13-11-18/h9-15,20-21H,7-8H2,1-6H3,(H,24,26)/t20-,21-/m1/s1. The Balaban J connectivity index is 2.34. The lowest BCUT2D eigenvalue weighted by molar-refractivity contribution is -0.123. The second-order valence-corrected chi connectivity index (χ2v) is 9.24. The molecule has 0 aliphatic rings. The van der Waals surface area contributed by atoms with E-state index < -0.39 is 16.1 Å². The molecule has 0 saturated heterocycles. The Kier molecular flexibility index (Phi) is 8.33. The highest BCUT2D eigenvalue weighted by Crippen LogP contribution is 2.27.